The number of hydrogen-bond donors (Lipinski definition) is 0. The molecular weight excluding hydrogens is 164 g/mol. The van der Waals surface area contributed by atoms with Crippen LogP contribution in [-0.4, -0.2) is 10.2 Å². The molecule has 0 radical (unpaired) electrons. The topological polar surface area (TPSA) is 38.9 Å². The second-order valence-corrected chi connectivity index (χ2v) is 5.01. The Morgan fingerprint density at radius 1 is 1.31 bits per heavy atom. The lowest BCUT2D eigenvalue weighted by Crippen LogP contribution is -2.11. The molecule has 0 saturated heterocycles. The molecule has 13 heavy (non-hydrogen) atoms. The van der Waals surface area contributed by atoms with Crippen molar-refractivity contribution in [3.63, 3.8) is 0 Å². The molecule has 1 aliphatic rings. The first-order valence-electron chi connectivity index (χ1n) is 4.82. The Morgan fingerprint density at radius 3 is 2.31 bits per heavy atom. The quantitative estimate of drug-likeness (QED) is 0.666. The predicted molar refractivity (Wildman–Crippen MR) is 49.5 cm³/mol. The van der Waals surface area contributed by atoms with Gasteiger partial charge in [0.15, 0.2) is 0 Å². The fourth-order valence-electron chi connectivity index (χ4n) is 1.35. The number of hydrogen-bond acceptors (Lipinski definition) is 3. The molecule has 0 aromatic carbocycles. The lowest BCUT2D eigenvalue weighted by molar-refractivity contribution is 0.370. The highest BCUT2D eigenvalue weighted by atomic mass is 16.4. The van der Waals surface area contributed by atoms with E-state index in [9.17, 15) is 0 Å². The third-order valence-electron chi connectivity index (χ3n) is 2.51. The van der Waals surface area contributed by atoms with Gasteiger partial charge in [0.1, 0.15) is 0 Å². The molecule has 1 aliphatic carbocycles. The molecule has 3 nitrogen and oxygen atoms in total. The van der Waals surface area contributed by atoms with E-state index < -0.39 is 0 Å². The lowest BCUT2D eigenvalue weighted by Gasteiger charge is -2.10. The fourth-order valence-corrected chi connectivity index (χ4v) is 1.35. The van der Waals surface area contributed by atoms with Gasteiger partial charge in [-0.1, -0.05) is 27.7 Å². The molecule has 2 rings (SSSR count). The molecule has 72 valence electrons. The van der Waals surface area contributed by atoms with Crippen LogP contribution >= 0.6 is 0 Å². The third-order valence-corrected chi connectivity index (χ3v) is 2.51. The predicted octanol–water partition coefficient (Wildman–Crippen LogP) is 2.49. The monoisotopic (exact) mass is 180 g/mol. The van der Waals surface area contributed by atoms with Gasteiger partial charge in [0.05, 0.1) is 0 Å². The maximum atomic E-state index is 5.62. The van der Waals surface area contributed by atoms with E-state index >= 15 is 0 Å². The molecule has 0 spiro atoms. The minimum Gasteiger partial charge on any atom is -0.424 e. The maximum Gasteiger partial charge on any atom is 0.221 e. The van der Waals surface area contributed by atoms with Crippen molar-refractivity contribution >= 4 is 0 Å². The molecule has 1 aromatic heterocycles. The SMILES string of the molecule is CC1CC1c1nnc(C(C)(C)C)o1. The Balaban J connectivity index is 2.19. The average Bonchev–Trinajstić information content (AvgIpc) is 2.57. The molecule has 0 bridgehead atoms. The summed E-state index contributed by atoms with van der Waals surface area (Å²) in [5.74, 6) is 2.84. The van der Waals surface area contributed by atoms with Crippen molar-refractivity contribution in [1.29, 1.82) is 0 Å². The summed E-state index contributed by atoms with van der Waals surface area (Å²) in [6.07, 6.45) is 1.20. The van der Waals surface area contributed by atoms with Crippen LogP contribution < -0.4 is 0 Å². The largest absolute Gasteiger partial charge is 0.424 e. The first kappa shape index (κ1) is 8.73. The molecular formula is C10H16N2O. The van der Waals surface area contributed by atoms with Gasteiger partial charge in [-0.2, -0.15) is 0 Å². The highest BCUT2D eigenvalue weighted by Crippen LogP contribution is 2.46. The Hall–Kier alpha value is -0.860. The van der Waals surface area contributed by atoms with E-state index in [0.717, 1.165) is 17.7 Å². The summed E-state index contributed by atoms with van der Waals surface area (Å²) in [6.45, 7) is 8.47. The van der Waals surface area contributed by atoms with Crippen LogP contribution in [0.1, 0.15) is 51.8 Å². The Bertz CT molecular complexity index is 311. The van der Waals surface area contributed by atoms with E-state index in [1.807, 2.05) is 0 Å². The van der Waals surface area contributed by atoms with Gasteiger partial charge in [0.25, 0.3) is 0 Å². The Morgan fingerprint density at radius 2 is 1.92 bits per heavy atom. The van der Waals surface area contributed by atoms with Crippen LogP contribution in [0.5, 0.6) is 0 Å². The molecule has 1 heterocycles. The van der Waals surface area contributed by atoms with E-state index in [1.54, 1.807) is 0 Å². The normalized spacial score (nSPS) is 27.7. The van der Waals surface area contributed by atoms with Gasteiger partial charge in [-0.05, 0) is 12.3 Å². The lowest BCUT2D eigenvalue weighted by atomic mass is 9.97. The van der Waals surface area contributed by atoms with Crippen LogP contribution in [0.4, 0.5) is 0 Å². The van der Waals surface area contributed by atoms with Gasteiger partial charge in [0, 0.05) is 11.3 Å². The molecule has 0 N–H and O–H groups in total. The molecule has 0 aliphatic heterocycles. The van der Waals surface area contributed by atoms with Gasteiger partial charge in [0.2, 0.25) is 11.8 Å². The van der Waals surface area contributed by atoms with Crippen molar-refractivity contribution in [3.8, 4) is 0 Å². The van der Waals surface area contributed by atoms with Crippen molar-refractivity contribution in [2.45, 2.75) is 45.4 Å². The summed E-state index contributed by atoms with van der Waals surface area (Å²) >= 11 is 0. The van der Waals surface area contributed by atoms with Gasteiger partial charge in [-0.25, -0.2) is 0 Å². The van der Waals surface area contributed by atoms with Crippen LogP contribution in [0.3, 0.4) is 0 Å². The van der Waals surface area contributed by atoms with Gasteiger partial charge in [-0.3, -0.25) is 0 Å². The smallest absolute Gasteiger partial charge is 0.221 e. The Kier molecular flexibility index (Phi) is 1.72. The third kappa shape index (κ3) is 1.60. The Labute approximate surface area is 78.5 Å². The molecule has 2 atom stereocenters. The van der Waals surface area contributed by atoms with Crippen LogP contribution in [-0.2, 0) is 5.41 Å². The van der Waals surface area contributed by atoms with E-state index in [1.165, 1.54) is 6.42 Å². The van der Waals surface area contributed by atoms with Crippen LogP contribution in [0, 0.1) is 5.92 Å². The van der Waals surface area contributed by atoms with Gasteiger partial charge < -0.3 is 4.42 Å². The number of aromatic nitrogens is 2. The first-order valence-corrected chi connectivity index (χ1v) is 4.82. The van der Waals surface area contributed by atoms with E-state index in [2.05, 4.69) is 37.9 Å². The zero-order valence-corrected chi connectivity index (χ0v) is 8.66. The van der Waals surface area contributed by atoms with Crippen molar-refractivity contribution < 1.29 is 4.42 Å². The summed E-state index contributed by atoms with van der Waals surface area (Å²) in [5.41, 5.74) is -0.0244. The second kappa shape index (κ2) is 2.56. The summed E-state index contributed by atoms with van der Waals surface area (Å²) in [6, 6.07) is 0. The second-order valence-electron chi connectivity index (χ2n) is 5.01. The number of nitrogens with zero attached hydrogens (tertiary/aromatic N) is 2. The van der Waals surface area contributed by atoms with Crippen LogP contribution in [0.2, 0.25) is 0 Å². The molecule has 1 fully saturated rings. The number of rotatable bonds is 1. The molecule has 1 saturated carbocycles. The average molecular weight is 180 g/mol. The van der Waals surface area contributed by atoms with Crippen LogP contribution in [0.15, 0.2) is 4.42 Å². The summed E-state index contributed by atoms with van der Waals surface area (Å²) < 4.78 is 5.62. The minimum atomic E-state index is -0.0244. The van der Waals surface area contributed by atoms with E-state index in [4.69, 9.17) is 4.42 Å². The van der Waals surface area contributed by atoms with Gasteiger partial charge >= 0.3 is 0 Å². The van der Waals surface area contributed by atoms with E-state index in [0.29, 0.717) is 5.92 Å². The first-order chi connectivity index (χ1) is 5.98. The van der Waals surface area contributed by atoms with Crippen molar-refractivity contribution in [1.82, 2.24) is 10.2 Å². The maximum absolute atomic E-state index is 5.62. The summed E-state index contributed by atoms with van der Waals surface area (Å²) in [5, 5.41) is 8.14. The molecule has 0 amide bonds. The van der Waals surface area contributed by atoms with E-state index in [-0.39, 0.29) is 5.41 Å². The van der Waals surface area contributed by atoms with Crippen LogP contribution in [0.25, 0.3) is 0 Å². The molecule has 3 heteroatoms. The minimum absolute atomic E-state index is 0.0244. The molecule has 1 aromatic rings. The van der Waals surface area contributed by atoms with Crippen molar-refractivity contribution in [3.05, 3.63) is 11.8 Å². The summed E-state index contributed by atoms with van der Waals surface area (Å²) in [7, 11) is 0. The van der Waals surface area contributed by atoms with Crippen molar-refractivity contribution in [2.75, 3.05) is 0 Å². The zero-order chi connectivity index (χ0) is 9.64. The fraction of sp³-hybridized carbons (Fsp3) is 0.800. The van der Waals surface area contributed by atoms with Gasteiger partial charge in [-0.15, -0.1) is 10.2 Å². The van der Waals surface area contributed by atoms with Crippen molar-refractivity contribution in [2.24, 2.45) is 5.92 Å². The highest BCUT2D eigenvalue weighted by Gasteiger charge is 2.39. The summed E-state index contributed by atoms with van der Waals surface area (Å²) in [4.78, 5) is 0. The zero-order valence-electron chi connectivity index (χ0n) is 8.66. The standard InChI is InChI=1S/C10H16N2O/c1-6-5-7(6)8-11-12-9(13-8)10(2,3)4/h6-7H,5H2,1-4H3. The highest BCUT2D eigenvalue weighted by molar-refractivity contribution is 5.06. The molecule has 2 unspecified atom stereocenters.